The first-order chi connectivity index (χ1) is 21.0. The number of nitrogens with zero attached hydrogens (tertiary/aromatic N) is 2. The molecule has 0 unspecified atom stereocenters. The summed E-state index contributed by atoms with van der Waals surface area (Å²) in [6.45, 7) is 4.20. The van der Waals surface area contributed by atoms with Gasteiger partial charge in [0.1, 0.15) is 5.75 Å². The second-order valence-electron chi connectivity index (χ2n) is 13.4. The van der Waals surface area contributed by atoms with Crippen molar-refractivity contribution < 1.29 is 29.3 Å². The summed E-state index contributed by atoms with van der Waals surface area (Å²) in [5.41, 5.74) is 1.07. The average molecular weight is 623 g/mol. The van der Waals surface area contributed by atoms with Crippen molar-refractivity contribution >= 4 is 29.2 Å². The van der Waals surface area contributed by atoms with Gasteiger partial charge in [-0.2, -0.15) is 0 Å². The van der Waals surface area contributed by atoms with Crippen molar-refractivity contribution in [3.8, 4) is 5.75 Å². The summed E-state index contributed by atoms with van der Waals surface area (Å²) in [4.78, 5) is 30.4. The largest absolute Gasteiger partial charge is 0.490 e. The number of benzene rings is 2. The molecule has 1 spiro atoms. The van der Waals surface area contributed by atoms with E-state index in [0.29, 0.717) is 32.0 Å². The number of halogens is 1. The summed E-state index contributed by atoms with van der Waals surface area (Å²) >= 11 is 6.41. The van der Waals surface area contributed by atoms with Gasteiger partial charge in [0.2, 0.25) is 5.91 Å². The van der Waals surface area contributed by atoms with Crippen LogP contribution in [0.5, 0.6) is 5.75 Å². The van der Waals surface area contributed by atoms with Crippen molar-refractivity contribution in [1.29, 1.82) is 0 Å². The van der Waals surface area contributed by atoms with Gasteiger partial charge in [-0.25, -0.2) is 4.79 Å². The van der Waals surface area contributed by atoms with Gasteiger partial charge in [0, 0.05) is 37.1 Å². The number of hydrogen-bond donors (Lipinski definition) is 2. The number of aryl methyl sites for hydroxylation is 1. The summed E-state index contributed by atoms with van der Waals surface area (Å²) in [5.74, 6) is -0.267. The van der Waals surface area contributed by atoms with E-state index in [1.807, 2.05) is 25.1 Å². The lowest BCUT2D eigenvalue weighted by molar-refractivity contribution is -0.168. The third kappa shape index (κ3) is 5.61. The highest BCUT2D eigenvalue weighted by Crippen LogP contribution is 2.47. The molecular formula is C35H43ClN2O6. The fraction of sp³-hybridized carbons (Fsp3) is 0.543. The molecule has 0 radical (unpaired) electrons. The van der Waals surface area contributed by atoms with Crippen LogP contribution in [0.2, 0.25) is 5.02 Å². The standard InChI is InChI=1S/C35H43ClN2O6/c1-22-6-12-30(39)27-10-7-24(27)19-38-20-34(14-4-5-23-15-26(36)9-11-28(23)34)21-44-31-13-8-25(16-29(31)38)35(42,33(41)43-3)17-32(40)37(2)18-22/h6,8-9,11-13,15-16,22,24,27,30,39,42H,4-5,7,10,14,17-21H2,1-3H3/b12-6-/t22-,24+,27-,30+,34+,35+/m1/s1. The van der Waals surface area contributed by atoms with Gasteiger partial charge in [0.15, 0.2) is 5.60 Å². The molecule has 4 aliphatic rings. The molecule has 2 aliphatic heterocycles. The molecule has 0 saturated heterocycles. The average Bonchev–Trinajstić information content (AvgIpc) is 3.14. The van der Waals surface area contributed by atoms with Crippen LogP contribution in [-0.4, -0.2) is 73.5 Å². The van der Waals surface area contributed by atoms with Crippen molar-refractivity contribution in [1.82, 2.24) is 4.90 Å². The van der Waals surface area contributed by atoms with Crippen molar-refractivity contribution in [3.63, 3.8) is 0 Å². The molecule has 2 aliphatic carbocycles. The molecule has 236 valence electrons. The Hall–Kier alpha value is -3.07. The molecule has 44 heavy (non-hydrogen) atoms. The highest BCUT2D eigenvalue weighted by Gasteiger charge is 2.46. The highest BCUT2D eigenvalue weighted by molar-refractivity contribution is 6.30. The Morgan fingerprint density at radius 1 is 1.14 bits per heavy atom. The molecule has 1 saturated carbocycles. The van der Waals surface area contributed by atoms with Gasteiger partial charge in [0.25, 0.3) is 0 Å². The Kier molecular flexibility index (Phi) is 8.46. The van der Waals surface area contributed by atoms with E-state index < -0.39 is 24.1 Å². The molecule has 2 aromatic carbocycles. The summed E-state index contributed by atoms with van der Waals surface area (Å²) in [7, 11) is 2.88. The predicted molar refractivity (Wildman–Crippen MR) is 169 cm³/mol. The molecule has 2 N–H and O–H groups in total. The monoisotopic (exact) mass is 622 g/mol. The molecule has 2 aromatic rings. The number of aliphatic hydroxyl groups excluding tert-OH is 1. The zero-order valence-electron chi connectivity index (χ0n) is 25.8. The number of methoxy groups -OCH3 is 1. The minimum atomic E-state index is -2.18. The van der Waals surface area contributed by atoms with Gasteiger partial charge < -0.3 is 29.5 Å². The smallest absolute Gasteiger partial charge is 0.343 e. The van der Waals surface area contributed by atoms with E-state index in [9.17, 15) is 19.8 Å². The first-order valence-corrected chi connectivity index (χ1v) is 16.1. The van der Waals surface area contributed by atoms with E-state index in [2.05, 4.69) is 17.0 Å². The number of carbonyl (C=O) groups is 2. The van der Waals surface area contributed by atoms with Crippen LogP contribution in [0.4, 0.5) is 5.69 Å². The minimum absolute atomic E-state index is 0.0235. The maximum atomic E-state index is 13.4. The fourth-order valence-corrected chi connectivity index (χ4v) is 7.98. The van der Waals surface area contributed by atoms with E-state index in [4.69, 9.17) is 21.1 Å². The minimum Gasteiger partial charge on any atom is -0.490 e. The Bertz CT molecular complexity index is 1460. The van der Waals surface area contributed by atoms with Gasteiger partial charge in [-0.3, -0.25) is 4.79 Å². The molecule has 1 fully saturated rings. The summed E-state index contributed by atoms with van der Waals surface area (Å²) < 4.78 is 11.7. The maximum Gasteiger partial charge on any atom is 0.343 e. The number of anilines is 1. The van der Waals surface area contributed by atoms with Crippen molar-refractivity contribution in [3.05, 3.63) is 70.3 Å². The lowest BCUT2D eigenvalue weighted by Crippen LogP contribution is -2.49. The summed E-state index contributed by atoms with van der Waals surface area (Å²) in [6.07, 6.45) is 7.66. The van der Waals surface area contributed by atoms with Crippen LogP contribution in [0.3, 0.4) is 0 Å². The molecule has 1 amide bonds. The van der Waals surface area contributed by atoms with Gasteiger partial charge in [-0.05, 0) is 90.8 Å². The Labute approximate surface area is 264 Å². The number of fused-ring (bicyclic) bond motifs is 4. The van der Waals surface area contributed by atoms with Crippen LogP contribution < -0.4 is 9.64 Å². The highest BCUT2D eigenvalue weighted by atomic mass is 35.5. The van der Waals surface area contributed by atoms with Crippen LogP contribution in [0.25, 0.3) is 0 Å². The fourth-order valence-electron chi connectivity index (χ4n) is 7.78. The number of rotatable bonds is 1. The Morgan fingerprint density at radius 2 is 1.95 bits per heavy atom. The van der Waals surface area contributed by atoms with Gasteiger partial charge in [-0.15, -0.1) is 0 Å². The zero-order chi connectivity index (χ0) is 31.2. The predicted octanol–water partition coefficient (Wildman–Crippen LogP) is 4.62. The van der Waals surface area contributed by atoms with E-state index >= 15 is 0 Å². The third-order valence-corrected chi connectivity index (χ3v) is 10.7. The Morgan fingerprint density at radius 3 is 2.70 bits per heavy atom. The van der Waals surface area contributed by atoms with Crippen LogP contribution in [-0.2, 0) is 31.8 Å². The van der Waals surface area contributed by atoms with Crippen molar-refractivity contribution in [2.24, 2.45) is 17.8 Å². The number of esters is 1. The lowest BCUT2D eigenvalue weighted by atomic mass is 9.68. The molecule has 6 atom stereocenters. The lowest BCUT2D eigenvalue weighted by Gasteiger charge is -2.45. The number of ether oxygens (including phenoxy) is 2. The number of aliphatic hydroxyl groups is 2. The zero-order valence-corrected chi connectivity index (χ0v) is 26.6. The molecular weight excluding hydrogens is 580 g/mol. The third-order valence-electron chi connectivity index (χ3n) is 10.4. The van der Waals surface area contributed by atoms with Gasteiger partial charge in [-0.1, -0.05) is 42.8 Å². The van der Waals surface area contributed by atoms with Crippen molar-refractivity contribution in [2.45, 2.75) is 62.6 Å². The quantitative estimate of drug-likeness (QED) is 0.354. The number of hydrogen-bond acceptors (Lipinski definition) is 7. The van der Waals surface area contributed by atoms with E-state index in [1.165, 1.54) is 23.1 Å². The first-order valence-electron chi connectivity index (χ1n) is 15.8. The number of carbonyl (C=O) groups excluding carboxylic acids is 2. The number of amides is 1. The topological polar surface area (TPSA) is 99.5 Å². The van der Waals surface area contributed by atoms with Gasteiger partial charge >= 0.3 is 5.97 Å². The second kappa shape index (κ2) is 12.0. The molecule has 6 rings (SSSR count). The summed E-state index contributed by atoms with van der Waals surface area (Å²) in [6, 6.07) is 11.4. The normalized spacial score (nSPS) is 32.9. The molecule has 2 heterocycles. The first kappa shape index (κ1) is 30.9. The van der Waals surface area contributed by atoms with Crippen molar-refractivity contribution in [2.75, 3.05) is 45.3 Å². The van der Waals surface area contributed by atoms with Gasteiger partial charge in [0.05, 0.1) is 31.9 Å². The molecule has 2 bridgehead atoms. The molecule has 0 aromatic heterocycles. The van der Waals surface area contributed by atoms with Crippen LogP contribution in [0, 0.1) is 17.8 Å². The second-order valence-corrected chi connectivity index (χ2v) is 13.9. The van der Waals surface area contributed by atoms with E-state index in [1.54, 1.807) is 25.2 Å². The maximum absolute atomic E-state index is 13.4. The van der Waals surface area contributed by atoms with Crippen LogP contribution in [0.1, 0.15) is 55.7 Å². The molecule has 9 heteroatoms. The molecule has 8 nitrogen and oxygen atoms in total. The van der Waals surface area contributed by atoms with Crippen LogP contribution >= 0.6 is 11.6 Å². The SMILES string of the molecule is COC(=O)[C@]1(O)CC(=O)N(C)C[C@H](C)/C=C\[C@H](O)[C@@H]2CC[C@H]2CN2C[C@@]3(CCCc4cc(Cl)ccc43)COc3ccc1cc32. The Balaban J connectivity index is 1.47. The van der Waals surface area contributed by atoms with E-state index in [0.717, 1.165) is 42.8 Å². The summed E-state index contributed by atoms with van der Waals surface area (Å²) in [5, 5.41) is 23.8. The van der Waals surface area contributed by atoms with Crippen LogP contribution in [0.15, 0.2) is 48.6 Å². The van der Waals surface area contributed by atoms with E-state index in [-0.39, 0.29) is 34.6 Å².